The smallest absolute Gasteiger partial charge is 0.317 e. The first-order valence-electron chi connectivity index (χ1n) is 10.0. The van der Waals surface area contributed by atoms with Crippen LogP contribution in [0.5, 0.6) is 0 Å². The first kappa shape index (κ1) is 22.0. The minimum absolute atomic E-state index is 0.0885. The number of sulfonamides is 1. The summed E-state index contributed by atoms with van der Waals surface area (Å²) in [6.45, 7) is 1.27. The molecule has 1 aromatic carbocycles. The van der Waals surface area contributed by atoms with Crippen molar-refractivity contribution in [2.75, 3.05) is 31.5 Å². The molecule has 0 bridgehead atoms. The van der Waals surface area contributed by atoms with E-state index in [-0.39, 0.29) is 35.7 Å². The van der Waals surface area contributed by atoms with Gasteiger partial charge >= 0.3 is 17.8 Å². The quantitative estimate of drug-likeness (QED) is 0.589. The number of carbonyl (C=O) groups excluding carboxylic acids is 3. The zero-order valence-electron chi connectivity index (χ0n) is 16.7. The summed E-state index contributed by atoms with van der Waals surface area (Å²) in [5, 5.41) is 10.5. The monoisotopic (exact) mass is 437 g/mol. The van der Waals surface area contributed by atoms with Crippen LogP contribution in [-0.4, -0.2) is 68.3 Å². The van der Waals surface area contributed by atoms with Gasteiger partial charge in [-0.1, -0.05) is 19.3 Å². The lowest BCUT2D eigenvalue weighted by Crippen LogP contribution is -2.56. The summed E-state index contributed by atoms with van der Waals surface area (Å²) in [5.74, 6) is -1.52. The van der Waals surface area contributed by atoms with Crippen LogP contribution in [0.3, 0.4) is 0 Å². The first-order chi connectivity index (χ1) is 14.2. The third-order valence-electron chi connectivity index (χ3n) is 5.42. The number of anilines is 1. The Balaban J connectivity index is 1.47. The fourth-order valence-corrected chi connectivity index (χ4v) is 4.20. The maximum Gasteiger partial charge on any atom is 0.317 e. The zero-order valence-corrected chi connectivity index (χ0v) is 17.5. The minimum Gasteiger partial charge on any atom is -0.335 e. The van der Waals surface area contributed by atoms with Gasteiger partial charge in [-0.25, -0.2) is 18.4 Å². The van der Waals surface area contributed by atoms with E-state index in [4.69, 9.17) is 5.14 Å². The highest BCUT2D eigenvalue weighted by atomic mass is 32.2. The molecule has 0 aromatic heterocycles. The standard InChI is InChI=1S/C19H27N5O5S/c20-30(28,29)16-8-6-15(7-9-16)21-17(25)18(26)23-10-12-24(13-11-23)19(27)22-14-4-2-1-3-5-14/h6-9,14H,1-5,10-13H2,(H,21,25)(H,22,27)(H2,20,28,29). The molecule has 0 atom stereocenters. The van der Waals surface area contributed by atoms with Crippen molar-refractivity contribution in [3.8, 4) is 0 Å². The van der Waals surface area contributed by atoms with Crippen LogP contribution in [0.4, 0.5) is 10.5 Å². The lowest BCUT2D eigenvalue weighted by atomic mass is 9.96. The molecule has 4 amide bonds. The number of hydrogen-bond acceptors (Lipinski definition) is 5. The number of piperazine rings is 1. The number of carbonyl (C=O) groups is 3. The Kier molecular flexibility index (Phi) is 6.93. The summed E-state index contributed by atoms with van der Waals surface area (Å²) in [5.41, 5.74) is 0.284. The van der Waals surface area contributed by atoms with Crippen LogP contribution in [0.15, 0.2) is 29.2 Å². The van der Waals surface area contributed by atoms with E-state index in [9.17, 15) is 22.8 Å². The molecular formula is C19H27N5O5S. The molecule has 30 heavy (non-hydrogen) atoms. The molecule has 1 saturated carbocycles. The fraction of sp³-hybridized carbons (Fsp3) is 0.526. The van der Waals surface area contributed by atoms with E-state index in [1.165, 1.54) is 35.6 Å². The Bertz CT molecular complexity index is 888. The molecule has 0 unspecified atom stereocenters. The van der Waals surface area contributed by atoms with Gasteiger partial charge in [0, 0.05) is 37.9 Å². The van der Waals surface area contributed by atoms with Crippen molar-refractivity contribution >= 4 is 33.6 Å². The summed E-state index contributed by atoms with van der Waals surface area (Å²) >= 11 is 0. The fourth-order valence-electron chi connectivity index (χ4n) is 3.68. The molecule has 2 aliphatic rings. The number of primary sulfonamides is 1. The van der Waals surface area contributed by atoms with Gasteiger partial charge in [0.25, 0.3) is 0 Å². The predicted octanol–water partition coefficient (Wildman–Crippen LogP) is 0.459. The Morgan fingerprint density at radius 2 is 1.47 bits per heavy atom. The van der Waals surface area contributed by atoms with E-state index in [0.29, 0.717) is 13.1 Å². The molecule has 1 heterocycles. The van der Waals surface area contributed by atoms with Gasteiger partial charge in [0.2, 0.25) is 10.0 Å². The number of nitrogens with one attached hydrogen (secondary N) is 2. The van der Waals surface area contributed by atoms with E-state index in [1.54, 1.807) is 4.90 Å². The van der Waals surface area contributed by atoms with Crippen LogP contribution >= 0.6 is 0 Å². The third-order valence-corrected chi connectivity index (χ3v) is 6.35. The second-order valence-corrected chi connectivity index (χ2v) is 9.15. The van der Waals surface area contributed by atoms with Crippen molar-refractivity contribution < 1.29 is 22.8 Å². The van der Waals surface area contributed by atoms with Crippen molar-refractivity contribution in [1.29, 1.82) is 0 Å². The van der Waals surface area contributed by atoms with Crippen molar-refractivity contribution in [3.05, 3.63) is 24.3 Å². The van der Waals surface area contributed by atoms with Crippen molar-refractivity contribution in [3.63, 3.8) is 0 Å². The van der Waals surface area contributed by atoms with E-state index in [0.717, 1.165) is 25.7 Å². The number of rotatable bonds is 3. The van der Waals surface area contributed by atoms with Crippen LogP contribution in [0.1, 0.15) is 32.1 Å². The van der Waals surface area contributed by atoms with Crippen LogP contribution in [0.2, 0.25) is 0 Å². The minimum atomic E-state index is -3.83. The van der Waals surface area contributed by atoms with Crippen molar-refractivity contribution in [2.45, 2.75) is 43.0 Å². The molecule has 2 fully saturated rings. The molecule has 1 aromatic rings. The summed E-state index contributed by atoms with van der Waals surface area (Å²) in [6.07, 6.45) is 5.48. The Morgan fingerprint density at radius 1 is 0.900 bits per heavy atom. The molecule has 1 aliphatic heterocycles. The number of hydrogen-bond donors (Lipinski definition) is 3. The third kappa shape index (κ3) is 5.70. The Morgan fingerprint density at radius 3 is 2.03 bits per heavy atom. The highest BCUT2D eigenvalue weighted by molar-refractivity contribution is 7.89. The average molecular weight is 438 g/mol. The van der Waals surface area contributed by atoms with Crippen LogP contribution in [-0.2, 0) is 19.6 Å². The second-order valence-electron chi connectivity index (χ2n) is 7.59. The Hall–Kier alpha value is -2.66. The maximum absolute atomic E-state index is 12.4. The zero-order chi connectivity index (χ0) is 21.7. The predicted molar refractivity (Wildman–Crippen MR) is 110 cm³/mol. The normalized spacial score (nSPS) is 18.0. The van der Waals surface area contributed by atoms with Gasteiger partial charge in [-0.3, -0.25) is 9.59 Å². The van der Waals surface area contributed by atoms with Gasteiger partial charge in [0.1, 0.15) is 0 Å². The van der Waals surface area contributed by atoms with E-state index in [2.05, 4.69) is 10.6 Å². The molecule has 1 saturated heterocycles. The molecule has 4 N–H and O–H groups in total. The molecule has 11 heteroatoms. The number of nitrogens with zero attached hydrogens (tertiary/aromatic N) is 2. The first-order valence-corrected chi connectivity index (χ1v) is 11.6. The highest BCUT2D eigenvalue weighted by Gasteiger charge is 2.29. The van der Waals surface area contributed by atoms with Crippen LogP contribution in [0, 0.1) is 0 Å². The summed E-state index contributed by atoms with van der Waals surface area (Å²) in [4.78, 5) is 40.0. The van der Waals surface area contributed by atoms with Gasteiger partial charge in [0.15, 0.2) is 0 Å². The summed E-state index contributed by atoms with van der Waals surface area (Å²) < 4.78 is 22.5. The maximum atomic E-state index is 12.4. The molecule has 0 spiro atoms. The number of benzene rings is 1. The lowest BCUT2D eigenvalue weighted by Gasteiger charge is -2.35. The average Bonchev–Trinajstić information content (AvgIpc) is 2.73. The van der Waals surface area contributed by atoms with Gasteiger partial charge in [-0.05, 0) is 37.1 Å². The summed E-state index contributed by atoms with van der Waals surface area (Å²) in [7, 11) is -3.83. The second kappa shape index (κ2) is 9.43. The van der Waals surface area contributed by atoms with Gasteiger partial charge < -0.3 is 20.4 Å². The van der Waals surface area contributed by atoms with E-state index in [1.807, 2.05) is 0 Å². The lowest BCUT2D eigenvalue weighted by molar-refractivity contribution is -0.144. The topological polar surface area (TPSA) is 142 Å². The molecule has 3 rings (SSSR count). The molecule has 0 radical (unpaired) electrons. The number of urea groups is 1. The molecule has 10 nitrogen and oxygen atoms in total. The molecule has 164 valence electrons. The van der Waals surface area contributed by atoms with Gasteiger partial charge in [0.05, 0.1) is 4.90 Å². The van der Waals surface area contributed by atoms with Gasteiger partial charge in [-0.15, -0.1) is 0 Å². The van der Waals surface area contributed by atoms with Crippen molar-refractivity contribution in [1.82, 2.24) is 15.1 Å². The Labute approximate surface area is 175 Å². The van der Waals surface area contributed by atoms with Crippen LogP contribution in [0.25, 0.3) is 0 Å². The van der Waals surface area contributed by atoms with Crippen molar-refractivity contribution in [2.24, 2.45) is 5.14 Å². The SMILES string of the molecule is NS(=O)(=O)c1ccc(NC(=O)C(=O)N2CCN(C(=O)NC3CCCCC3)CC2)cc1. The number of amides is 4. The van der Waals surface area contributed by atoms with Gasteiger partial charge in [-0.2, -0.15) is 0 Å². The summed E-state index contributed by atoms with van der Waals surface area (Å²) in [6, 6.07) is 5.32. The molecule has 1 aliphatic carbocycles. The van der Waals surface area contributed by atoms with E-state index < -0.39 is 21.8 Å². The van der Waals surface area contributed by atoms with Crippen LogP contribution < -0.4 is 15.8 Å². The largest absolute Gasteiger partial charge is 0.335 e. The van der Waals surface area contributed by atoms with E-state index >= 15 is 0 Å². The number of nitrogens with two attached hydrogens (primary N) is 1. The molecular weight excluding hydrogens is 410 g/mol. The highest BCUT2D eigenvalue weighted by Crippen LogP contribution is 2.18.